The van der Waals surface area contributed by atoms with E-state index >= 15 is 0 Å². The van der Waals surface area contributed by atoms with Gasteiger partial charge in [-0.05, 0) is 24.6 Å². The van der Waals surface area contributed by atoms with Crippen molar-refractivity contribution in [2.75, 3.05) is 7.11 Å². The molecule has 0 bridgehead atoms. The molecule has 0 aliphatic heterocycles. The minimum absolute atomic E-state index is 0.108. The minimum atomic E-state index is -2.56. The quantitative estimate of drug-likeness (QED) is 0.805. The number of benzene rings is 1. The Bertz CT molecular complexity index is 373. The minimum Gasteiger partial charge on any atom is -0.467 e. The highest BCUT2D eigenvalue weighted by Crippen LogP contribution is 2.30. The molecule has 1 aromatic rings. The first kappa shape index (κ1) is 12.6. The van der Waals surface area contributed by atoms with Crippen molar-refractivity contribution in [3.8, 4) is 0 Å². The number of alkyl halides is 1. The first-order chi connectivity index (χ1) is 7.39. The van der Waals surface area contributed by atoms with Gasteiger partial charge in [-0.25, -0.2) is 13.6 Å². The van der Waals surface area contributed by atoms with Crippen LogP contribution in [0.15, 0.2) is 24.3 Å². The third-order valence-corrected chi connectivity index (χ3v) is 2.28. The fraction of sp³-hybridized carbons (Fsp3) is 0.364. The van der Waals surface area contributed by atoms with Crippen LogP contribution in [0.4, 0.5) is 8.78 Å². The van der Waals surface area contributed by atoms with Crippen molar-refractivity contribution in [1.29, 1.82) is 0 Å². The number of esters is 1. The summed E-state index contributed by atoms with van der Waals surface area (Å²) in [6.07, 6.45) is -1.69. The second kappa shape index (κ2) is 4.57. The number of rotatable bonds is 3. The predicted octanol–water partition coefficient (Wildman–Crippen LogP) is 1.76. The standard InChI is InChI=1S/C11H12F2O3/c1-11(13,10(15)16-2)9(14)7-3-5-8(12)6-4-7/h3-6,9,14H,1-2H3/t9-,11-/m0/s1. The van der Waals surface area contributed by atoms with Crippen LogP contribution in [0.25, 0.3) is 0 Å². The van der Waals surface area contributed by atoms with Gasteiger partial charge in [0.1, 0.15) is 11.9 Å². The van der Waals surface area contributed by atoms with Gasteiger partial charge in [-0.1, -0.05) is 12.1 Å². The Kier molecular flexibility index (Phi) is 3.59. The summed E-state index contributed by atoms with van der Waals surface area (Å²) in [5.74, 6) is -1.68. The van der Waals surface area contributed by atoms with Gasteiger partial charge in [-0.3, -0.25) is 0 Å². The largest absolute Gasteiger partial charge is 0.467 e. The van der Waals surface area contributed by atoms with Gasteiger partial charge in [-0.2, -0.15) is 0 Å². The highest BCUT2D eigenvalue weighted by Gasteiger charge is 2.43. The number of aliphatic hydroxyl groups excluding tert-OH is 1. The van der Waals surface area contributed by atoms with E-state index in [1.54, 1.807) is 0 Å². The van der Waals surface area contributed by atoms with Crippen molar-refractivity contribution in [2.24, 2.45) is 0 Å². The molecule has 0 aromatic heterocycles. The lowest BCUT2D eigenvalue weighted by atomic mass is 9.94. The molecule has 5 heteroatoms. The first-order valence-electron chi connectivity index (χ1n) is 4.60. The van der Waals surface area contributed by atoms with Crippen LogP contribution in [0.5, 0.6) is 0 Å². The molecular weight excluding hydrogens is 218 g/mol. The van der Waals surface area contributed by atoms with E-state index in [2.05, 4.69) is 4.74 Å². The maximum absolute atomic E-state index is 13.8. The molecule has 0 amide bonds. The number of hydrogen-bond acceptors (Lipinski definition) is 3. The zero-order chi connectivity index (χ0) is 12.3. The zero-order valence-corrected chi connectivity index (χ0v) is 8.91. The zero-order valence-electron chi connectivity index (χ0n) is 8.91. The smallest absolute Gasteiger partial charge is 0.346 e. The Morgan fingerprint density at radius 3 is 2.38 bits per heavy atom. The van der Waals surface area contributed by atoms with Crippen molar-refractivity contribution in [3.63, 3.8) is 0 Å². The molecule has 1 aromatic carbocycles. The summed E-state index contributed by atoms with van der Waals surface area (Å²) in [4.78, 5) is 11.1. The Morgan fingerprint density at radius 2 is 1.94 bits per heavy atom. The fourth-order valence-corrected chi connectivity index (χ4v) is 1.27. The van der Waals surface area contributed by atoms with Gasteiger partial charge >= 0.3 is 5.97 Å². The van der Waals surface area contributed by atoms with Crippen LogP contribution in [-0.4, -0.2) is 23.9 Å². The molecule has 0 spiro atoms. The van der Waals surface area contributed by atoms with Crippen LogP contribution in [0.2, 0.25) is 0 Å². The third kappa shape index (κ3) is 2.36. The SMILES string of the molecule is COC(=O)[C@@](C)(F)[C@@H](O)c1ccc(F)cc1. The van der Waals surface area contributed by atoms with E-state index in [9.17, 15) is 18.7 Å². The summed E-state index contributed by atoms with van der Waals surface area (Å²) < 4.78 is 30.7. The fourth-order valence-electron chi connectivity index (χ4n) is 1.27. The lowest BCUT2D eigenvalue weighted by Crippen LogP contribution is -2.38. The van der Waals surface area contributed by atoms with Gasteiger partial charge in [-0.15, -0.1) is 0 Å². The van der Waals surface area contributed by atoms with Crippen LogP contribution in [0.1, 0.15) is 18.6 Å². The monoisotopic (exact) mass is 230 g/mol. The van der Waals surface area contributed by atoms with Gasteiger partial charge < -0.3 is 9.84 Å². The van der Waals surface area contributed by atoms with Crippen LogP contribution in [0.3, 0.4) is 0 Å². The molecule has 0 heterocycles. The van der Waals surface area contributed by atoms with E-state index in [4.69, 9.17) is 0 Å². The van der Waals surface area contributed by atoms with E-state index in [1.165, 1.54) is 12.1 Å². The summed E-state index contributed by atoms with van der Waals surface area (Å²) >= 11 is 0. The van der Waals surface area contributed by atoms with E-state index < -0.39 is 23.6 Å². The summed E-state index contributed by atoms with van der Waals surface area (Å²) in [5, 5.41) is 9.64. The molecule has 2 atom stereocenters. The molecule has 0 radical (unpaired) electrons. The maximum atomic E-state index is 13.8. The van der Waals surface area contributed by atoms with E-state index in [1.807, 2.05) is 0 Å². The van der Waals surface area contributed by atoms with Crippen LogP contribution < -0.4 is 0 Å². The van der Waals surface area contributed by atoms with Gasteiger partial charge in [0.25, 0.3) is 0 Å². The number of methoxy groups -OCH3 is 1. The molecule has 0 unspecified atom stereocenters. The van der Waals surface area contributed by atoms with E-state index in [-0.39, 0.29) is 5.56 Å². The first-order valence-corrected chi connectivity index (χ1v) is 4.60. The topological polar surface area (TPSA) is 46.5 Å². The van der Waals surface area contributed by atoms with Crippen molar-refractivity contribution in [2.45, 2.75) is 18.7 Å². The summed E-state index contributed by atoms with van der Waals surface area (Å²) in [7, 11) is 1.03. The average Bonchev–Trinajstić information content (AvgIpc) is 2.28. The molecule has 1 rings (SSSR count). The van der Waals surface area contributed by atoms with Crippen molar-refractivity contribution in [3.05, 3.63) is 35.6 Å². The number of hydrogen-bond donors (Lipinski definition) is 1. The average molecular weight is 230 g/mol. The van der Waals surface area contributed by atoms with Crippen molar-refractivity contribution < 1.29 is 23.4 Å². The summed E-state index contributed by atoms with van der Waals surface area (Å²) in [6, 6.07) is 4.57. The maximum Gasteiger partial charge on any atom is 0.346 e. The highest BCUT2D eigenvalue weighted by molar-refractivity contribution is 5.79. The van der Waals surface area contributed by atoms with Crippen molar-refractivity contribution in [1.82, 2.24) is 0 Å². The normalized spacial score (nSPS) is 16.3. The second-order valence-corrected chi connectivity index (χ2v) is 3.52. The number of carbonyl (C=O) groups is 1. The molecular formula is C11H12F2O3. The number of aliphatic hydroxyl groups is 1. The molecule has 0 saturated carbocycles. The van der Waals surface area contributed by atoms with E-state index in [0.29, 0.717) is 0 Å². The Labute approximate surface area is 91.7 Å². The van der Waals surface area contributed by atoms with Crippen LogP contribution in [0, 0.1) is 5.82 Å². The molecule has 0 fully saturated rings. The summed E-state index contributed by atoms with van der Waals surface area (Å²) in [5.41, 5.74) is -2.45. The van der Waals surface area contributed by atoms with Crippen LogP contribution >= 0.6 is 0 Å². The van der Waals surface area contributed by atoms with Gasteiger partial charge in [0, 0.05) is 0 Å². The molecule has 88 valence electrons. The summed E-state index contributed by atoms with van der Waals surface area (Å²) in [6.45, 7) is 0.910. The lowest BCUT2D eigenvalue weighted by Gasteiger charge is -2.23. The van der Waals surface area contributed by atoms with Gasteiger partial charge in [0.15, 0.2) is 0 Å². The van der Waals surface area contributed by atoms with Gasteiger partial charge in [0.2, 0.25) is 5.67 Å². The third-order valence-electron chi connectivity index (χ3n) is 2.28. The Morgan fingerprint density at radius 1 is 1.44 bits per heavy atom. The molecule has 0 aliphatic carbocycles. The molecule has 0 saturated heterocycles. The number of ether oxygens (including phenoxy) is 1. The Balaban J connectivity index is 2.97. The molecule has 0 aliphatic rings. The number of halogens is 2. The second-order valence-electron chi connectivity index (χ2n) is 3.52. The number of carbonyl (C=O) groups excluding carboxylic acids is 1. The highest BCUT2D eigenvalue weighted by atomic mass is 19.1. The molecule has 1 N–H and O–H groups in total. The lowest BCUT2D eigenvalue weighted by molar-refractivity contribution is -0.161. The predicted molar refractivity (Wildman–Crippen MR) is 52.9 cm³/mol. The molecule has 3 nitrogen and oxygen atoms in total. The Hall–Kier alpha value is -1.49. The van der Waals surface area contributed by atoms with E-state index in [0.717, 1.165) is 26.2 Å². The van der Waals surface area contributed by atoms with Crippen molar-refractivity contribution >= 4 is 5.97 Å². The van der Waals surface area contributed by atoms with Crippen LogP contribution in [-0.2, 0) is 9.53 Å². The van der Waals surface area contributed by atoms with Gasteiger partial charge in [0.05, 0.1) is 7.11 Å². The molecule has 16 heavy (non-hydrogen) atoms.